The SMILES string of the molecule is CCCC(O[SiH2]CCCC[SiH2]OC(CCC)(c1ccccc1)c1ccccc1)(c1ccccc1)c1ccccc1. The number of rotatable bonds is 17. The van der Waals surface area contributed by atoms with Gasteiger partial charge in [0.25, 0.3) is 0 Å². The van der Waals surface area contributed by atoms with E-state index in [2.05, 4.69) is 135 Å². The number of unbranched alkanes of at least 4 members (excludes halogenated alkanes) is 1. The molecule has 4 aromatic carbocycles. The van der Waals surface area contributed by atoms with Crippen LogP contribution in [0.5, 0.6) is 0 Å². The Balaban J connectivity index is 1.34. The van der Waals surface area contributed by atoms with Crippen LogP contribution in [0.4, 0.5) is 0 Å². The second-order valence-electron chi connectivity index (χ2n) is 10.7. The van der Waals surface area contributed by atoms with Crippen molar-refractivity contribution in [3.8, 4) is 0 Å². The molecular weight excluding hydrogens is 521 g/mol. The van der Waals surface area contributed by atoms with Crippen LogP contribution in [0, 0.1) is 0 Å². The molecule has 0 heterocycles. The van der Waals surface area contributed by atoms with Gasteiger partial charge >= 0.3 is 0 Å². The minimum atomic E-state index is -0.679. The largest absolute Gasteiger partial charge is 0.410 e. The molecule has 0 radical (unpaired) electrons. The molecular formula is C36H46O2Si2. The van der Waals surface area contributed by atoms with E-state index >= 15 is 0 Å². The third kappa shape index (κ3) is 7.49. The highest BCUT2D eigenvalue weighted by molar-refractivity contribution is 6.28. The van der Waals surface area contributed by atoms with Gasteiger partial charge in [-0.2, -0.15) is 0 Å². The summed E-state index contributed by atoms with van der Waals surface area (Å²) in [5.74, 6) is 0. The Morgan fingerprint density at radius 3 is 0.975 bits per heavy atom. The normalized spacial score (nSPS) is 12.6. The summed E-state index contributed by atoms with van der Waals surface area (Å²) >= 11 is 0. The number of hydrogen-bond acceptors (Lipinski definition) is 2. The minimum absolute atomic E-state index is 0.327. The summed E-state index contributed by atoms with van der Waals surface area (Å²) in [4.78, 5) is 0. The van der Waals surface area contributed by atoms with Gasteiger partial charge in [-0.15, -0.1) is 0 Å². The molecule has 4 heteroatoms. The Morgan fingerprint density at radius 2 is 0.725 bits per heavy atom. The molecule has 0 spiro atoms. The maximum atomic E-state index is 6.97. The highest BCUT2D eigenvalue weighted by Crippen LogP contribution is 2.39. The molecule has 0 aliphatic rings. The molecule has 4 aromatic rings. The van der Waals surface area contributed by atoms with E-state index in [1.165, 1.54) is 47.2 Å². The molecule has 0 N–H and O–H groups in total. The van der Waals surface area contributed by atoms with E-state index in [0.717, 1.165) is 25.7 Å². The predicted octanol–water partition coefficient (Wildman–Crippen LogP) is 8.29. The lowest BCUT2D eigenvalue weighted by Crippen LogP contribution is -2.33. The molecule has 0 unspecified atom stereocenters. The van der Waals surface area contributed by atoms with Crippen LogP contribution in [-0.4, -0.2) is 19.5 Å². The van der Waals surface area contributed by atoms with E-state index in [4.69, 9.17) is 8.85 Å². The molecule has 0 aliphatic heterocycles. The highest BCUT2D eigenvalue weighted by Gasteiger charge is 2.35. The lowest BCUT2D eigenvalue weighted by atomic mass is 9.83. The first kappa shape index (κ1) is 30.2. The Hall–Kier alpha value is -2.77. The van der Waals surface area contributed by atoms with E-state index in [0.29, 0.717) is 0 Å². The van der Waals surface area contributed by atoms with Gasteiger partial charge in [-0.25, -0.2) is 0 Å². The van der Waals surface area contributed by atoms with Crippen molar-refractivity contribution >= 4 is 19.5 Å². The van der Waals surface area contributed by atoms with Gasteiger partial charge in [0.05, 0.1) is 0 Å². The van der Waals surface area contributed by atoms with E-state index < -0.39 is 19.5 Å². The van der Waals surface area contributed by atoms with Crippen LogP contribution in [0.3, 0.4) is 0 Å². The summed E-state index contributed by atoms with van der Waals surface area (Å²) in [6.45, 7) is 4.53. The zero-order valence-corrected chi connectivity index (χ0v) is 27.3. The molecule has 0 atom stereocenters. The molecule has 4 rings (SSSR count). The van der Waals surface area contributed by atoms with Crippen molar-refractivity contribution in [2.24, 2.45) is 0 Å². The summed E-state index contributed by atoms with van der Waals surface area (Å²) in [6.07, 6.45) is 6.64. The zero-order chi connectivity index (χ0) is 27.9. The lowest BCUT2D eigenvalue weighted by Gasteiger charge is -2.36. The Bertz CT molecular complexity index is 1040. The fourth-order valence-electron chi connectivity index (χ4n) is 5.97. The molecule has 0 saturated heterocycles. The molecule has 40 heavy (non-hydrogen) atoms. The van der Waals surface area contributed by atoms with Crippen molar-refractivity contribution in [2.45, 2.75) is 75.7 Å². The van der Waals surface area contributed by atoms with Crippen molar-refractivity contribution in [1.29, 1.82) is 0 Å². The third-order valence-corrected chi connectivity index (χ3v) is 10.9. The number of benzene rings is 4. The molecule has 210 valence electrons. The summed E-state index contributed by atoms with van der Waals surface area (Å²) in [6, 6.07) is 45.8. The fraction of sp³-hybridized carbons (Fsp3) is 0.333. The predicted molar refractivity (Wildman–Crippen MR) is 175 cm³/mol. The van der Waals surface area contributed by atoms with Crippen LogP contribution >= 0.6 is 0 Å². The zero-order valence-electron chi connectivity index (χ0n) is 24.4. The van der Waals surface area contributed by atoms with E-state index in [9.17, 15) is 0 Å². The van der Waals surface area contributed by atoms with E-state index in [1.807, 2.05) is 0 Å². The molecule has 0 amide bonds. The topological polar surface area (TPSA) is 18.5 Å². The first-order valence-corrected chi connectivity index (χ1v) is 18.4. The molecule has 0 saturated carbocycles. The minimum Gasteiger partial charge on any atom is -0.410 e. The van der Waals surface area contributed by atoms with Crippen LogP contribution in [0.2, 0.25) is 12.1 Å². The van der Waals surface area contributed by atoms with Gasteiger partial charge in [-0.3, -0.25) is 0 Å². The highest BCUT2D eigenvalue weighted by atomic mass is 28.2. The summed E-state index contributed by atoms with van der Waals surface area (Å²) in [7, 11) is -1.36. The molecule has 2 nitrogen and oxygen atoms in total. The van der Waals surface area contributed by atoms with Crippen LogP contribution in [-0.2, 0) is 20.1 Å². The van der Waals surface area contributed by atoms with Gasteiger partial charge in [0.1, 0.15) is 11.2 Å². The van der Waals surface area contributed by atoms with Crippen molar-refractivity contribution in [1.82, 2.24) is 0 Å². The fourth-order valence-corrected chi connectivity index (χ4v) is 9.03. The molecule has 0 aromatic heterocycles. The Morgan fingerprint density at radius 1 is 0.450 bits per heavy atom. The standard InChI is InChI=1S/C36H46O2Si2/c1-3-27-35(31-19-9-5-10-20-31,32-21-11-6-12-22-32)37-39-29-17-18-30-40-38-36(28-4-2,33-23-13-7-14-24-33)34-25-15-8-16-26-34/h5-16,19-26H,3-4,17-18,27-30,39-40H2,1-2H3. The smallest absolute Gasteiger partial charge is 0.163 e. The Kier molecular flexibility index (Phi) is 12.0. The van der Waals surface area contributed by atoms with Crippen molar-refractivity contribution in [3.63, 3.8) is 0 Å². The first-order chi connectivity index (χ1) is 19.7. The van der Waals surface area contributed by atoms with Gasteiger partial charge in [0, 0.05) is 0 Å². The first-order valence-electron chi connectivity index (χ1n) is 15.2. The van der Waals surface area contributed by atoms with Gasteiger partial charge in [-0.05, 0) is 47.2 Å². The Labute approximate surface area is 247 Å². The van der Waals surface area contributed by atoms with Crippen molar-refractivity contribution in [3.05, 3.63) is 144 Å². The quantitative estimate of drug-likeness (QED) is 0.0945. The van der Waals surface area contributed by atoms with Gasteiger partial charge in [0.2, 0.25) is 0 Å². The average Bonchev–Trinajstić information content (AvgIpc) is 3.03. The summed E-state index contributed by atoms with van der Waals surface area (Å²) in [5, 5.41) is 0. The molecule has 0 aliphatic carbocycles. The van der Waals surface area contributed by atoms with Crippen LogP contribution < -0.4 is 0 Å². The van der Waals surface area contributed by atoms with E-state index in [1.54, 1.807) is 0 Å². The average molecular weight is 567 g/mol. The van der Waals surface area contributed by atoms with Gasteiger partial charge in [0.15, 0.2) is 19.5 Å². The molecule has 0 fully saturated rings. The van der Waals surface area contributed by atoms with E-state index in [-0.39, 0.29) is 11.2 Å². The maximum absolute atomic E-state index is 6.97. The van der Waals surface area contributed by atoms with Crippen LogP contribution in [0.25, 0.3) is 0 Å². The second-order valence-corrected chi connectivity index (χ2v) is 13.5. The van der Waals surface area contributed by atoms with Crippen molar-refractivity contribution < 1.29 is 8.85 Å². The third-order valence-electron chi connectivity index (χ3n) is 7.90. The van der Waals surface area contributed by atoms with Crippen LogP contribution in [0.15, 0.2) is 121 Å². The second kappa shape index (κ2) is 15.9. The number of hydrogen-bond donors (Lipinski definition) is 0. The monoisotopic (exact) mass is 566 g/mol. The summed E-state index contributed by atoms with van der Waals surface area (Å²) in [5.41, 5.74) is 4.48. The lowest BCUT2D eigenvalue weighted by molar-refractivity contribution is 0.104. The van der Waals surface area contributed by atoms with Crippen molar-refractivity contribution in [2.75, 3.05) is 0 Å². The van der Waals surface area contributed by atoms with Crippen LogP contribution in [0.1, 0.15) is 74.6 Å². The van der Waals surface area contributed by atoms with Gasteiger partial charge < -0.3 is 8.85 Å². The molecule has 0 bridgehead atoms. The maximum Gasteiger partial charge on any atom is 0.163 e. The summed E-state index contributed by atoms with van der Waals surface area (Å²) < 4.78 is 13.9. The van der Waals surface area contributed by atoms with Gasteiger partial charge in [-0.1, -0.05) is 161 Å².